The van der Waals surface area contributed by atoms with Crippen LogP contribution in [0.15, 0.2) is 60.7 Å². The van der Waals surface area contributed by atoms with Crippen molar-refractivity contribution in [3.63, 3.8) is 0 Å². The van der Waals surface area contributed by atoms with Crippen molar-refractivity contribution in [2.45, 2.75) is 105 Å². The maximum atomic E-state index is 2.93. The molecule has 2 aromatic carbocycles. The van der Waals surface area contributed by atoms with Gasteiger partial charge in [0, 0.05) is 59.3 Å². The van der Waals surface area contributed by atoms with Crippen molar-refractivity contribution in [3.8, 4) is 0 Å². The molecule has 0 bridgehead atoms. The second-order valence-corrected chi connectivity index (χ2v) is 94.9. The number of hydrogen-bond donors (Lipinski definition) is 0. The third-order valence-corrected chi connectivity index (χ3v) is 157. The smallest absolute Gasteiger partial charge is 0.214 e. The minimum atomic E-state index is -1.13. The van der Waals surface area contributed by atoms with Gasteiger partial charge in [0.2, 0.25) is 0 Å². The summed E-state index contributed by atoms with van der Waals surface area (Å²) in [6.07, 6.45) is 0. The standard InChI is InChI=1S/C16H48Si8.2C5H5.Zr/c1-19(2,3)17(20(4,5)6)23(13,14)24(15,16)18(21(7,8)9)22(10,11)12;2*1-2-4-5-3-1;/h1-16H3;2*1-5H;/q;2*-1;+2. The second kappa shape index (κ2) is 14.6. The van der Waals surface area contributed by atoms with Crippen LogP contribution in [0.4, 0.5) is 0 Å². The van der Waals surface area contributed by atoms with Crippen LogP contribution in [0.25, 0.3) is 0 Å². The van der Waals surface area contributed by atoms with Crippen LogP contribution in [-0.2, 0) is 26.2 Å². The Bertz CT molecular complexity index is 641. The molecule has 2 radical (unpaired) electrons. The molecule has 0 saturated carbocycles. The van der Waals surface area contributed by atoms with E-state index in [0.717, 1.165) is 0 Å². The Morgan fingerprint density at radius 1 is 0.371 bits per heavy atom. The Labute approximate surface area is 248 Å². The average Bonchev–Trinajstić information content (AvgIpc) is 3.27. The van der Waals surface area contributed by atoms with Crippen LogP contribution < -0.4 is 0 Å². The molecule has 0 N–H and O–H groups in total. The van der Waals surface area contributed by atoms with E-state index in [2.05, 4.69) is 105 Å². The first kappa shape index (κ1) is 38.5. The van der Waals surface area contributed by atoms with Gasteiger partial charge in [0.15, 0.2) is 0 Å². The predicted octanol–water partition coefficient (Wildman–Crippen LogP) is 9.10. The summed E-state index contributed by atoms with van der Waals surface area (Å²) in [5, 5.41) is 0. The maximum Gasteiger partial charge on any atom is 2.00 e. The van der Waals surface area contributed by atoms with Gasteiger partial charge >= 0.3 is 26.2 Å². The molecule has 0 aliphatic carbocycles. The Balaban J connectivity index is 0. The van der Waals surface area contributed by atoms with Crippen molar-refractivity contribution in [2.24, 2.45) is 0 Å². The molecule has 2 rings (SSSR count). The third kappa shape index (κ3) is 12.4. The van der Waals surface area contributed by atoms with E-state index in [4.69, 9.17) is 0 Å². The van der Waals surface area contributed by atoms with Crippen molar-refractivity contribution >= 4 is 59.3 Å². The molecule has 0 nitrogen and oxygen atoms in total. The van der Waals surface area contributed by atoms with Gasteiger partial charge in [-0.25, -0.2) is 24.3 Å². The van der Waals surface area contributed by atoms with E-state index in [1.807, 2.05) is 60.7 Å². The van der Waals surface area contributed by atoms with Crippen LogP contribution in [0, 0.1) is 0 Å². The maximum absolute atomic E-state index is 2.93. The minimum Gasteiger partial charge on any atom is -0.214 e. The Morgan fingerprint density at radius 2 is 0.543 bits per heavy atom. The van der Waals surface area contributed by atoms with E-state index in [0.29, 0.717) is 0 Å². The molecule has 0 aliphatic heterocycles. The van der Waals surface area contributed by atoms with Gasteiger partial charge in [-0.1, -0.05) is 105 Å². The van der Waals surface area contributed by atoms with Crippen LogP contribution in [0.5, 0.6) is 0 Å². The molecule has 0 aliphatic rings. The van der Waals surface area contributed by atoms with Gasteiger partial charge in [-0.05, 0) is 0 Å². The Kier molecular flexibility index (Phi) is 16.1. The zero-order valence-electron chi connectivity index (χ0n) is 26.3. The topological polar surface area (TPSA) is 0 Å². The largest absolute Gasteiger partial charge is 2.00 e. The molecule has 0 aromatic heterocycles. The molecule has 0 atom stereocenters. The summed E-state index contributed by atoms with van der Waals surface area (Å²) in [5.41, 5.74) is 0. The van der Waals surface area contributed by atoms with E-state index in [9.17, 15) is 0 Å². The summed E-state index contributed by atoms with van der Waals surface area (Å²) in [5.74, 6) is 0. The van der Waals surface area contributed by atoms with Crippen molar-refractivity contribution in [1.29, 1.82) is 0 Å². The van der Waals surface area contributed by atoms with E-state index < -0.39 is 44.6 Å². The molecule has 198 valence electrons. The summed E-state index contributed by atoms with van der Waals surface area (Å²) in [6, 6.07) is 20.0. The van der Waals surface area contributed by atoms with Crippen LogP contribution in [0.1, 0.15) is 0 Å². The average molecular weight is 687 g/mol. The van der Waals surface area contributed by atoms with Crippen molar-refractivity contribution in [2.75, 3.05) is 0 Å². The molecule has 0 fully saturated rings. The zero-order valence-corrected chi connectivity index (χ0v) is 36.7. The van der Waals surface area contributed by atoms with Crippen LogP contribution in [0.2, 0.25) is 105 Å². The molecule has 0 unspecified atom stereocenters. The van der Waals surface area contributed by atoms with E-state index in [-0.39, 0.29) is 40.9 Å². The van der Waals surface area contributed by atoms with Crippen molar-refractivity contribution < 1.29 is 26.2 Å². The summed E-state index contributed by atoms with van der Waals surface area (Å²) < 4.78 is 0. The molecule has 0 amide bonds. The first-order valence-corrected chi connectivity index (χ1v) is 43.1. The molecule has 9 heteroatoms. The molecule has 0 spiro atoms. The second-order valence-electron chi connectivity index (χ2n) is 14.9. The molecule has 0 saturated heterocycles. The van der Waals surface area contributed by atoms with Gasteiger partial charge in [-0.15, -0.1) is 0 Å². The first-order valence-electron chi connectivity index (χ1n) is 13.1. The number of hydrogen-bond acceptors (Lipinski definition) is 0. The molecular formula is C26H58Si8Zr. The monoisotopic (exact) mass is 684 g/mol. The molecule has 2 aromatic rings. The first-order chi connectivity index (χ1) is 15.0. The Morgan fingerprint density at radius 3 is 0.629 bits per heavy atom. The fourth-order valence-corrected chi connectivity index (χ4v) is 274. The third-order valence-electron chi connectivity index (χ3n) is 6.92. The molecular weight excluding hydrogens is 628 g/mol. The quantitative estimate of drug-likeness (QED) is 0.202. The normalized spacial score (nSPS) is 13.4. The van der Waals surface area contributed by atoms with E-state index in [1.54, 1.807) is 0 Å². The molecule has 35 heavy (non-hydrogen) atoms. The predicted molar refractivity (Wildman–Crippen MR) is 184 cm³/mol. The van der Waals surface area contributed by atoms with E-state index >= 15 is 0 Å². The van der Waals surface area contributed by atoms with Crippen molar-refractivity contribution in [1.82, 2.24) is 0 Å². The summed E-state index contributed by atoms with van der Waals surface area (Å²) in [6.45, 7) is 44.6. The SMILES string of the molecule is C[Si](C)(C)[Si]([Si](C)(C)C)[Si](C)(C)[Si](C)(C)[Si]([Si](C)(C)C)[Si](C)(C)C.[Zr+2].c1cc[cH-]c1.c1cc[cH-]c1. The fourth-order valence-electron chi connectivity index (χ4n) is 7.27. The van der Waals surface area contributed by atoms with Gasteiger partial charge in [0.05, 0.1) is 0 Å². The molecule has 0 heterocycles. The van der Waals surface area contributed by atoms with Gasteiger partial charge in [-0.2, -0.15) is 36.4 Å². The van der Waals surface area contributed by atoms with Gasteiger partial charge in [0.25, 0.3) is 0 Å². The zero-order chi connectivity index (χ0) is 27.2. The van der Waals surface area contributed by atoms with E-state index in [1.165, 1.54) is 0 Å². The Hall–Kier alpha value is 1.32. The van der Waals surface area contributed by atoms with Crippen LogP contribution in [-0.4, -0.2) is 59.3 Å². The van der Waals surface area contributed by atoms with Gasteiger partial charge in [0.1, 0.15) is 0 Å². The van der Waals surface area contributed by atoms with Gasteiger partial charge in [-0.3, -0.25) is 0 Å². The van der Waals surface area contributed by atoms with Crippen LogP contribution in [0.3, 0.4) is 0 Å². The van der Waals surface area contributed by atoms with Crippen molar-refractivity contribution in [3.05, 3.63) is 60.7 Å². The fraction of sp³-hybridized carbons (Fsp3) is 0.615. The van der Waals surface area contributed by atoms with Gasteiger partial charge < -0.3 is 0 Å². The van der Waals surface area contributed by atoms with Crippen LogP contribution >= 0.6 is 0 Å². The summed E-state index contributed by atoms with van der Waals surface area (Å²) in [4.78, 5) is 0. The number of rotatable bonds is 7. The summed E-state index contributed by atoms with van der Waals surface area (Å²) >= 11 is 0. The minimum absolute atomic E-state index is 0. The summed E-state index contributed by atoms with van der Waals surface area (Å²) in [7, 11) is -6.61.